The largest absolute Gasteiger partial charge is 0.478 e. The number of carbonyl (C=O) groups excluding carboxylic acids is 1. The van der Waals surface area contributed by atoms with Crippen LogP contribution in [0.25, 0.3) is 0 Å². The molecule has 0 aliphatic carbocycles. The summed E-state index contributed by atoms with van der Waals surface area (Å²) in [6, 6.07) is 1.53. The molecule has 2 rings (SSSR count). The van der Waals surface area contributed by atoms with Crippen molar-refractivity contribution in [2.45, 2.75) is 6.92 Å². The lowest BCUT2D eigenvalue weighted by atomic mass is 10.3. The van der Waals surface area contributed by atoms with Gasteiger partial charge in [-0.2, -0.15) is 0 Å². The van der Waals surface area contributed by atoms with Gasteiger partial charge in [-0.15, -0.1) is 22.7 Å². The summed E-state index contributed by atoms with van der Waals surface area (Å²) in [6.45, 7) is 1.79. The summed E-state index contributed by atoms with van der Waals surface area (Å²) >= 11 is 2.54. The average Bonchev–Trinajstić information content (AvgIpc) is 2.86. The van der Waals surface area contributed by atoms with Crippen LogP contribution in [0.2, 0.25) is 0 Å². The third-order valence-electron chi connectivity index (χ3n) is 1.98. The van der Waals surface area contributed by atoms with Crippen molar-refractivity contribution in [3.63, 3.8) is 0 Å². The first-order valence-electron chi connectivity index (χ1n) is 4.61. The molecule has 0 aromatic carbocycles. The summed E-state index contributed by atoms with van der Waals surface area (Å²) in [5.41, 5.74) is 1.95. The lowest BCUT2D eigenvalue weighted by molar-refractivity contribution is 0.0698. The number of hydrogen-bond donors (Lipinski definition) is 2. The molecule has 0 radical (unpaired) electrons. The third-order valence-corrected chi connectivity index (χ3v) is 3.53. The maximum absolute atomic E-state index is 11.7. The number of aromatic carboxylic acids is 1. The Balaban J connectivity index is 2.24. The minimum absolute atomic E-state index is 0.107. The molecule has 88 valence electrons. The second-order valence-corrected chi connectivity index (χ2v) is 5.21. The van der Waals surface area contributed by atoms with E-state index in [1.807, 2.05) is 0 Å². The van der Waals surface area contributed by atoms with Crippen LogP contribution in [0.4, 0.5) is 5.00 Å². The van der Waals surface area contributed by atoms with E-state index in [9.17, 15) is 9.59 Å². The standard InChI is InChI=1S/C10H8N2O3S2/c1-5-2-6(10(14)15)9(17-5)12-8(13)7-3-16-4-11-7/h2-4H,1H3,(H,12,13)(H,14,15). The summed E-state index contributed by atoms with van der Waals surface area (Å²) in [6.07, 6.45) is 0. The summed E-state index contributed by atoms with van der Waals surface area (Å²) < 4.78 is 0. The van der Waals surface area contributed by atoms with E-state index in [1.165, 1.54) is 28.7 Å². The van der Waals surface area contributed by atoms with Crippen LogP contribution in [0.5, 0.6) is 0 Å². The number of aromatic nitrogens is 1. The summed E-state index contributed by atoms with van der Waals surface area (Å²) in [7, 11) is 0. The normalized spacial score (nSPS) is 10.2. The van der Waals surface area contributed by atoms with Crippen LogP contribution in [-0.4, -0.2) is 22.0 Å². The zero-order valence-electron chi connectivity index (χ0n) is 8.76. The Labute approximate surface area is 105 Å². The molecule has 0 unspecified atom stereocenters. The highest BCUT2D eigenvalue weighted by atomic mass is 32.1. The molecular formula is C10H8N2O3S2. The molecule has 7 heteroatoms. The second-order valence-electron chi connectivity index (χ2n) is 3.23. The van der Waals surface area contributed by atoms with Gasteiger partial charge in [-0.25, -0.2) is 9.78 Å². The van der Waals surface area contributed by atoms with Crippen molar-refractivity contribution in [1.29, 1.82) is 0 Å². The van der Waals surface area contributed by atoms with Gasteiger partial charge in [-0.3, -0.25) is 4.79 Å². The minimum atomic E-state index is -1.05. The number of hydrogen-bond acceptors (Lipinski definition) is 5. The van der Waals surface area contributed by atoms with Crippen molar-refractivity contribution in [1.82, 2.24) is 4.98 Å². The average molecular weight is 268 g/mol. The number of anilines is 1. The summed E-state index contributed by atoms with van der Waals surface area (Å²) in [4.78, 5) is 27.3. The number of aryl methyl sites for hydroxylation is 1. The lowest BCUT2D eigenvalue weighted by Crippen LogP contribution is -2.13. The molecule has 0 saturated heterocycles. The first kappa shape index (κ1) is 11.7. The van der Waals surface area contributed by atoms with Crippen molar-refractivity contribution in [3.8, 4) is 0 Å². The quantitative estimate of drug-likeness (QED) is 0.896. The van der Waals surface area contributed by atoms with Crippen LogP contribution >= 0.6 is 22.7 Å². The van der Waals surface area contributed by atoms with E-state index >= 15 is 0 Å². The highest BCUT2D eigenvalue weighted by Gasteiger charge is 2.17. The van der Waals surface area contributed by atoms with Crippen LogP contribution in [-0.2, 0) is 0 Å². The molecule has 0 saturated carbocycles. The first-order chi connectivity index (χ1) is 8.08. The molecule has 2 heterocycles. The van der Waals surface area contributed by atoms with Crippen LogP contribution in [0, 0.1) is 6.92 Å². The van der Waals surface area contributed by atoms with Gasteiger partial charge in [0.15, 0.2) is 0 Å². The molecule has 0 fully saturated rings. The Morgan fingerprint density at radius 1 is 1.47 bits per heavy atom. The number of rotatable bonds is 3. The first-order valence-corrected chi connectivity index (χ1v) is 6.37. The van der Waals surface area contributed by atoms with Crippen LogP contribution in [0.1, 0.15) is 25.7 Å². The van der Waals surface area contributed by atoms with E-state index < -0.39 is 11.9 Å². The van der Waals surface area contributed by atoms with E-state index in [4.69, 9.17) is 5.11 Å². The predicted octanol–water partition coefficient (Wildman–Crippen LogP) is 2.46. The number of carboxylic acid groups (broad SMARTS) is 1. The smallest absolute Gasteiger partial charge is 0.338 e. The van der Waals surface area contributed by atoms with Gasteiger partial charge in [0.05, 0.1) is 11.1 Å². The number of carbonyl (C=O) groups is 2. The molecule has 0 bridgehead atoms. The zero-order valence-corrected chi connectivity index (χ0v) is 10.4. The number of amides is 1. The minimum Gasteiger partial charge on any atom is -0.478 e. The van der Waals surface area contributed by atoms with Gasteiger partial charge in [0.2, 0.25) is 0 Å². The molecule has 17 heavy (non-hydrogen) atoms. The van der Waals surface area contributed by atoms with E-state index in [-0.39, 0.29) is 11.3 Å². The Kier molecular flexibility index (Phi) is 3.21. The monoisotopic (exact) mass is 268 g/mol. The van der Waals surface area contributed by atoms with Crippen LogP contribution in [0.15, 0.2) is 17.0 Å². The second kappa shape index (κ2) is 4.64. The topological polar surface area (TPSA) is 79.3 Å². The van der Waals surface area contributed by atoms with Crippen molar-refractivity contribution >= 4 is 39.6 Å². The molecule has 0 atom stereocenters. The highest BCUT2D eigenvalue weighted by molar-refractivity contribution is 7.16. The fourth-order valence-electron chi connectivity index (χ4n) is 1.26. The van der Waals surface area contributed by atoms with Gasteiger partial charge < -0.3 is 10.4 Å². The Bertz CT molecular complexity index is 560. The van der Waals surface area contributed by atoms with Crippen LogP contribution in [0.3, 0.4) is 0 Å². The van der Waals surface area contributed by atoms with E-state index in [0.29, 0.717) is 5.00 Å². The number of nitrogens with zero attached hydrogens (tertiary/aromatic N) is 1. The van der Waals surface area contributed by atoms with Gasteiger partial charge >= 0.3 is 5.97 Å². The van der Waals surface area contributed by atoms with E-state index in [0.717, 1.165) is 4.88 Å². The lowest BCUT2D eigenvalue weighted by Gasteiger charge is -2.01. The van der Waals surface area contributed by atoms with Crippen molar-refractivity contribution < 1.29 is 14.7 Å². The summed E-state index contributed by atoms with van der Waals surface area (Å²) in [5, 5.41) is 13.5. The number of thiazole rings is 1. The molecule has 1 amide bonds. The van der Waals surface area contributed by atoms with Gasteiger partial charge in [-0.05, 0) is 13.0 Å². The van der Waals surface area contributed by atoms with Crippen molar-refractivity contribution in [2.24, 2.45) is 0 Å². The number of carboxylic acids is 1. The van der Waals surface area contributed by atoms with E-state index in [1.54, 1.807) is 17.8 Å². The zero-order chi connectivity index (χ0) is 12.4. The van der Waals surface area contributed by atoms with Crippen molar-refractivity contribution in [3.05, 3.63) is 33.1 Å². The SMILES string of the molecule is Cc1cc(C(=O)O)c(NC(=O)c2cscn2)s1. The fourth-order valence-corrected chi connectivity index (χ4v) is 2.69. The molecular weight excluding hydrogens is 260 g/mol. The van der Waals surface area contributed by atoms with E-state index in [2.05, 4.69) is 10.3 Å². The maximum Gasteiger partial charge on any atom is 0.338 e. The number of thiophene rings is 1. The summed E-state index contributed by atoms with van der Waals surface area (Å²) in [5.74, 6) is -1.45. The fraction of sp³-hybridized carbons (Fsp3) is 0.100. The highest BCUT2D eigenvalue weighted by Crippen LogP contribution is 2.27. The number of nitrogens with one attached hydrogen (secondary N) is 1. The Morgan fingerprint density at radius 3 is 2.82 bits per heavy atom. The molecule has 0 aliphatic rings. The van der Waals surface area contributed by atoms with Gasteiger partial charge in [-0.1, -0.05) is 0 Å². The van der Waals surface area contributed by atoms with Crippen molar-refractivity contribution in [2.75, 3.05) is 5.32 Å². The Morgan fingerprint density at radius 2 is 2.24 bits per heavy atom. The molecule has 2 N–H and O–H groups in total. The van der Waals surface area contributed by atoms with Gasteiger partial charge in [0.1, 0.15) is 10.7 Å². The molecule has 2 aromatic heterocycles. The predicted molar refractivity (Wildman–Crippen MR) is 66.1 cm³/mol. The third kappa shape index (κ3) is 2.51. The maximum atomic E-state index is 11.7. The molecule has 0 spiro atoms. The van der Waals surface area contributed by atoms with Gasteiger partial charge in [0, 0.05) is 10.3 Å². The van der Waals surface area contributed by atoms with Crippen LogP contribution < -0.4 is 5.32 Å². The molecule has 5 nitrogen and oxygen atoms in total. The van der Waals surface area contributed by atoms with Gasteiger partial charge in [0.25, 0.3) is 5.91 Å². The molecule has 0 aliphatic heterocycles. The Hall–Kier alpha value is -1.73. The molecule has 2 aromatic rings.